The number of carboxylic acids is 1. The second-order valence-electron chi connectivity index (χ2n) is 7.66. The van der Waals surface area contributed by atoms with Crippen molar-refractivity contribution in [2.24, 2.45) is 0 Å². The molecular formula is C25H20Cl2FNO5. The number of aliphatic carboxylic acids is 1. The number of benzene rings is 3. The first-order chi connectivity index (χ1) is 16.3. The molecule has 4 rings (SSSR count). The molecule has 9 heteroatoms. The van der Waals surface area contributed by atoms with Gasteiger partial charge in [-0.15, -0.1) is 0 Å². The van der Waals surface area contributed by atoms with Crippen molar-refractivity contribution < 1.29 is 28.6 Å². The maximum absolute atomic E-state index is 14.2. The zero-order valence-electron chi connectivity index (χ0n) is 17.8. The fraction of sp³-hybridized carbons (Fsp3) is 0.200. The van der Waals surface area contributed by atoms with Gasteiger partial charge in [-0.1, -0.05) is 53.5 Å². The van der Waals surface area contributed by atoms with Crippen LogP contribution in [0.1, 0.15) is 28.3 Å². The largest absolute Gasteiger partial charge is 0.482 e. The van der Waals surface area contributed by atoms with Gasteiger partial charge in [0.25, 0.3) is 0 Å². The van der Waals surface area contributed by atoms with Crippen molar-refractivity contribution in [3.8, 4) is 5.75 Å². The van der Waals surface area contributed by atoms with Gasteiger partial charge in [0.15, 0.2) is 6.61 Å². The normalized spacial score (nSPS) is 14.9. The first-order valence-electron chi connectivity index (χ1n) is 10.4. The highest BCUT2D eigenvalue weighted by Gasteiger charge is 2.35. The van der Waals surface area contributed by atoms with Gasteiger partial charge in [-0.05, 0) is 47.9 Å². The minimum atomic E-state index is -1.14. The van der Waals surface area contributed by atoms with E-state index >= 15 is 0 Å². The van der Waals surface area contributed by atoms with Gasteiger partial charge in [-0.2, -0.15) is 0 Å². The topological polar surface area (TPSA) is 76.1 Å². The molecule has 34 heavy (non-hydrogen) atoms. The Kier molecular flexibility index (Phi) is 7.24. The van der Waals surface area contributed by atoms with Crippen LogP contribution in [-0.4, -0.2) is 35.2 Å². The average Bonchev–Trinajstić information content (AvgIpc) is 2.82. The van der Waals surface area contributed by atoms with Gasteiger partial charge in [-0.25, -0.2) is 14.0 Å². The number of carbonyl (C=O) groups excluding carboxylic acids is 1. The summed E-state index contributed by atoms with van der Waals surface area (Å²) in [5.41, 5.74) is 2.46. The third-order valence-electron chi connectivity index (χ3n) is 5.54. The third-order valence-corrected chi connectivity index (χ3v) is 6.13. The van der Waals surface area contributed by atoms with Crippen LogP contribution in [0.4, 0.5) is 9.18 Å². The molecule has 1 amide bonds. The molecule has 0 radical (unpaired) electrons. The van der Waals surface area contributed by atoms with Crippen LogP contribution in [0.3, 0.4) is 0 Å². The average molecular weight is 504 g/mol. The summed E-state index contributed by atoms with van der Waals surface area (Å²) < 4.78 is 25.1. The number of carbonyl (C=O) groups is 2. The summed E-state index contributed by atoms with van der Waals surface area (Å²) in [4.78, 5) is 25.8. The SMILES string of the molecule is O=C(O)COc1ccc(Cl)cc1C1c2ccccc2CCN1C(=O)OCc1c(F)cccc1Cl. The Morgan fingerprint density at radius 2 is 1.85 bits per heavy atom. The number of fused-ring (bicyclic) bond motifs is 1. The van der Waals surface area contributed by atoms with Gasteiger partial charge in [0, 0.05) is 22.7 Å². The van der Waals surface area contributed by atoms with E-state index in [-0.39, 0.29) is 22.9 Å². The van der Waals surface area contributed by atoms with Gasteiger partial charge in [0.2, 0.25) is 0 Å². The maximum atomic E-state index is 14.2. The molecule has 1 aliphatic rings. The van der Waals surface area contributed by atoms with Crippen LogP contribution in [-0.2, 0) is 22.6 Å². The van der Waals surface area contributed by atoms with Crippen LogP contribution in [0.2, 0.25) is 10.0 Å². The van der Waals surface area contributed by atoms with Crippen molar-refractivity contribution in [3.05, 3.63) is 98.8 Å². The van der Waals surface area contributed by atoms with E-state index in [1.54, 1.807) is 18.2 Å². The monoisotopic (exact) mass is 503 g/mol. The number of hydrogen-bond donors (Lipinski definition) is 1. The Morgan fingerprint density at radius 3 is 2.62 bits per heavy atom. The van der Waals surface area contributed by atoms with E-state index in [9.17, 15) is 14.0 Å². The number of halogens is 3. The van der Waals surface area contributed by atoms with E-state index in [2.05, 4.69) is 0 Å². The molecule has 1 aliphatic heterocycles. The smallest absolute Gasteiger partial charge is 0.410 e. The van der Waals surface area contributed by atoms with Gasteiger partial charge in [0.1, 0.15) is 18.2 Å². The fourth-order valence-electron chi connectivity index (χ4n) is 3.99. The quantitative estimate of drug-likeness (QED) is 0.454. The molecule has 1 N–H and O–H groups in total. The van der Waals surface area contributed by atoms with E-state index in [1.165, 1.54) is 23.1 Å². The highest BCUT2D eigenvalue weighted by atomic mass is 35.5. The lowest BCUT2D eigenvalue weighted by atomic mass is 9.88. The number of rotatable bonds is 6. The van der Waals surface area contributed by atoms with Crippen molar-refractivity contribution in [3.63, 3.8) is 0 Å². The first-order valence-corrected chi connectivity index (χ1v) is 11.2. The standard InChI is InChI=1S/C25H20Cl2FNO5/c26-16-8-9-22(33-14-23(30)31)18(12-16)24-17-5-2-1-4-15(17)10-11-29(24)25(32)34-13-19-20(27)6-3-7-21(19)28/h1-9,12,24H,10-11,13-14H2,(H,30,31). The van der Waals surface area contributed by atoms with E-state index in [4.69, 9.17) is 37.8 Å². The van der Waals surface area contributed by atoms with Crippen LogP contribution in [0.15, 0.2) is 60.7 Å². The molecule has 0 aliphatic carbocycles. The third kappa shape index (κ3) is 5.11. The molecule has 1 heterocycles. The van der Waals surface area contributed by atoms with Crippen LogP contribution in [0.5, 0.6) is 5.75 Å². The summed E-state index contributed by atoms with van der Waals surface area (Å²) >= 11 is 12.3. The zero-order valence-corrected chi connectivity index (χ0v) is 19.4. The Bertz CT molecular complexity index is 1220. The summed E-state index contributed by atoms with van der Waals surface area (Å²) in [6.45, 7) is -0.581. The fourth-order valence-corrected chi connectivity index (χ4v) is 4.39. The molecule has 1 unspecified atom stereocenters. The molecule has 0 aromatic heterocycles. The molecule has 176 valence electrons. The van der Waals surface area contributed by atoms with E-state index in [0.717, 1.165) is 11.1 Å². The molecular weight excluding hydrogens is 484 g/mol. The molecule has 0 spiro atoms. The second kappa shape index (κ2) is 10.3. The molecule has 0 fully saturated rings. The maximum Gasteiger partial charge on any atom is 0.410 e. The van der Waals surface area contributed by atoms with Crippen molar-refractivity contribution >= 4 is 35.3 Å². The van der Waals surface area contributed by atoms with Crippen molar-refractivity contribution in [2.45, 2.75) is 19.1 Å². The van der Waals surface area contributed by atoms with Crippen LogP contribution in [0, 0.1) is 5.82 Å². The van der Waals surface area contributed by atoms with E-state index in [0.29, 0.717) is 23.6 Å². The Hall–Kier alpha value is -3.29. The Balaban J connectivity index is 1.70. The second-order valence-corrected chi connectivity index (χ2v) is 8.51. The van der Waals surface area contributed by atoms with Gasteiger partial charge in [-0.3, -0.25) is 4.90 Å². The molecule has 0 bridgehead atoms. The number of nitrogens with zero attached hydrogens (tertiary/aromatic N) is 1. The predicted molar refractivity (Wildman–Crippen MR) is 125 cm³/mol. The number of carboxylic acid groups (broad SMARTS) is 1. The van der Waals surface area contributed by atoms with Crippen molar-refractivity contribution in [2.75, 3.05) is 13.2 Å². The summed E-state index contributed by atoms with van der Waals surface area (Å²) in [5.74, 6) is -1.42. The highest BCUT2D eigenvalue weighted by molar-refractivity contribution is 6.31. The summed E-state index contributed by atoms with van der Waals surface area (Å²) in [6.07, 6.45) is -0.100. The minimum Gasteiger partial charge on any atom is -0.482 e. The van der Waals surface area contributed by atoms with Crippen LogP contribution < -0.4 is 4.74 Å². The lowest BCUT2D eigenvalue weighted by Crippen LogP contribution is -2.41. The minimum absolute atomic E-state index is 0.0831. The zero-order chi connectivity index (χ0) is 24.2. The van der Waals surface area contributed by atoms with Gasteiger partial charge < -0.3 is 14.6 Å². The highest BCUT2D eigenvalue weighted by Crippen LogP contribution is 2.41. The first kappa shape index (κ1) is 23.9. The van der Waals surface area contributed by atoms with Crippen molar-refractivity contribution in [1.29, 1.82) is 0 Å². The Labute approximate surface area is 205 Å². The molecule has 3 aromatic rings. The van der Waals surface area contributed by atoms with Gasteiger partial charge >= 0.3 is 12.1 Å². The van der Waals surface area contributed by atoms with Crippen LogP contribution >= 0.6 is 23.2 Å². The predicted octanol–water partition coefficient (Wildman–Crippen LogP) is 5.88. The summed E-state index contributed by atoms with van der Waals surface area (Å²) in [7, 11) is 0. The van der Waals surface area contributed by atoms with E-state index < -0.39 is 30.5 Å². The van der Waals surface area contributed by atoms with Crippen LogP contribution in [0.25, 0.3) is 0 Å². The molecule has 3 aromatic carbocycles. The molecule has 0 saturated heterocycles. The molecule has 0 saturated carbocycles. The molecule has 1 atom stereocenters. The van der Waals surface area contributed by atoms with Crippen molar-refractivity contribution in [1.82, 2.24) is 4.90 Å². The van der Waals surface area contributed by atoms with E-state index in [1.807, 2.05) is 24.3 Å². The number of hydrogen-bond acceptors (Lipinski definition) is 4. The summed E-state index contributed by atoms with van der Waals surface area (Å²) in [6, 6.07) is 16.0. The lowest BCUT2D eigenvalue weighted by molar-refractivity contribution is -0.139. The lowest BCUT2D eigenvalue weighted by Gasteiger charge is -2.37. The number of amides is 1. The summed E-state index contributed by atoms with van der Waals surface area (Å²) in [5, 5.41) is 9.63. The van der Waals surface area contributed by atoms with Gasteiger partial charge in [0.05, 0.1) is 11.1 Å². The Morgan fingerprint density at radius 1 is 1.06 bits per heavy atom. The number of ether oxygens (including phenoxy) is 2. The molecule has 6 nitrogen and oxygen atoms in total.